The van der Waals surface area contributed by atoms with Crippen molar-refractivity contribution in [3.05, 3.63) is 59.8 Å². The number of rotatable bonds is 7. The highest BCUT2D eigenvalue weighted by atomic mass is 16.3. The minimum Gasteiger partial charge on any atom is -0.396 e. The van der Waals surface area contributed by atoms with Crippen LogP contribution in [-0.2, 0) is 6.54 Å². The van der Waals surface area contributed by atoms with Crippen molar-refractivity contribution in [2.24, 2.45) is 4.99 Å². The molecule has 1 saturated heterocycles. The van der Waals surface area contributed by atoms with Gasteiger partial charge in [0.1, 0.15) is 5.82 Å². The van der Waals surface area contributed by atoms with Crippen LogP contribution in [0.5, 0.6) is 0 Å². The van der Waals surface area contributed by atoms with Crippen molar-refractivity contribution in [2.45, 2.75) is 12.5 Å². The first-order valence-corrected chi connectivity index (χ1v) is 10.2. The first-order valence-electron chi connectivity index (χ1n) is 10.2. The van der Waals surface area contributed by atoms with E-state index >= 15 is 0 Å². The number of aliphatic hydroxyl groups excluding tert-OH is 1. The van der Waals surface area contributed by atoms with Crippen molar-refractivity contribution >= 4 is 11.8 Å². The van der Waals surface area contributed by atoms with Crippen LogP contribution >= 0.6 is 0 Å². The third-order valence-electron chi connectivity index (χ3n) is 5.33. The molecule has 7 heteroatoms. The van der Waals surface area contributed by atoms with Crippen LogP contribution in [0.3, 0.4) is 0 Å². The van der Waals surface area contributed by atoms with Crippen LogP contribution in [0.15, 0.2) is 53.7 Å². The Kier molecular flexibility index (Phi) is 7.84. The molecule has 1 atom stereocenters. The van der Waals surface area contributed by atoms with Crippen LogP contribution in [0.25, 0.3) is 0 Å². The van der Waals surface area contributed by atoms with Crippen molar-refractivity contribution in [2.75, 3.05) is 58.3 Å². The fourth-order valence-electron chi connectivity index (χ4n) is 3.42. The Morgan fingerprint density at radius 1 is 1.14 bits per heavy atom. The van der Waals surface area contributed by atoms with Gasteiger partial charge in [-0.3, -0.25) is 4.99 Å². The number of guanidine groups is 1. The third kappa shape index (κ3) is 6.17. The van der Waals surface area contributed by atoms with Crippen LogP contribution in [0.2, 0.25) is 0 Å². The van der Waals surface area contributed by atoms with E-state index in [9.17, 15) is 5.11 Å². The number of anilines is 1. The van der Waals surface area contributed by atoms with Gasteiger partial charge in [-0.25, -0.2) is 4.98 Å². The first kappa shape index (κ1) is 21.1. The van der Waals surface area contributed by atoms with E-state index in [0.29, 0.717) is 13.1 Å². The fraction of sp³-hybridized carbons (Fsp3) is 0.455. The van der Waals surface area contributed by atoms with Gasteiger partial charge >= 0.3 is 0 Å². The largest absolute Gasteiger partial charge is 0.396 e. The molecule has 3 N–H and O–H groups in total. The number of pyridine rings is 1. The number of benzene rings is 1. The summed E-state index contributed by atoms with van der Waals surface area (Å²) in [6.45, 7) is 5.51. The zero-order valence-corrected chi connectivity index (χ0v) is 17.4. The number of hydrogen-bond acceptors (Lipinski definition) is 5. The number of likely N-dealkylation sites (N-methyl/N-ethyl adjacent to an activating group) is 1. The minimum atomic E-state index is 0.0273. The Balaban J connectivity index is 1.52. The number of aliphatic hydroxyl groups is 1. The van der Waals surface area contributed by atoms with Gasteiger partial charge in [0.15, 0.2) is 5.96 Å². The molecule has 7 nitrogen and oxygen atoms in total. The van der Waals surface area contributed by atoms with E-state index in [4.69, 9.17) is 0 Å². The predicted octanol–water partition coefficient (Wildman–Crippen LogP) is 1.27. The van der Waals surface area contributed by atoms with Crippen LogP contribution in [0.1, 0.15) is 17.0 Å². The van der Waals surface area contributed by atoms with Crippen molar-refractivity contribution in [3.8, 4) is 0 Å². The summed E-state index contributed by atoms with van der Waals surface area (Å²) in [5, 5.41) is 16.4. The summed E-state index contributed by atoms with van der Waals surface area (Å²) in [6.07, 6.45) is 1.87. The maximum Gasteiger partial charge on any atom is 0.191 e. The SMILES string of the molecule is CN=C(NCc1ccnc(N2CCN(C)CC2)c1)NCC(CO)c1ccccc1. The predicted molar refractivity (Wildman–Crippen MR) is 118 cm³/mol. The van der Waals surface area contributed by atoms with Crippen LogP contribution in [0, 0.1) is 0 Å². The van der Waals surface area contributed by atoms with Gasteiger partial charge < -0.3 is 25.5 Å². The lowest BCUT2D eigenvalue weighted by Gasteiger charge is -2.33. The molecule has 2 aromatic rings. The number of piperazine rings is 1. The average Bonchev–Trinajstić information content (AvgIpc) is 2.77. The highest BCUT2D eigenvalue weighted by molar-refractivity contribution is 5.79. The lowest BCUT2D eigenvalue weighted by atomic mass is 10.0. The zero-order chi connectivity index (χ0) is 20.5. The van der Waals surface area contributed by atoms with Crippen molar-refractivity contribution < 1.29 is 5.11 Å². The molecule has 0 aliphatic carbocycles. The number of aromatic nitrogens is 1. The maximum atomic E-state index is 9.73. The van der Waals surface area contributed by atoms with E-state index in [2.05, 4.69) is 43.5 Å². The second-order valence-electron chi connectivity index (χ2n) is 7.41. The van der Waals surface area contributed by atoms with E-state index in [-0.39, 0.29) is 12.5 Å². The normalized spacial score (nSPS) is 16.5. The maximum absolute atomic E-state index is 9.73. The molecule has 1 aromatic carbocycles. The Morgan fingerprint density at radius 3 is 2.59 bits per heavy atom. The van der Waals surface area contributed by atoms with Gasteiger partial charge in [-0.2, -0.15) is 0 Å². The van der Waals surface area contributed by atoms with Gasteiger partial charge in [-0.05, 0) is 30.3 Å². The lowest BCUT2D eigenvalue weighted by Crippen LogP contribution is -2.44. The molecule has 0 spiro atoms. The molecule has 1 aliphatic heterocycles. The van der Waals surface area contributed by atoms with E-state index in [1.54, 1.807) is 7.05 Å². The molecular formula is C22H32N6O. The second kappa shape index (κ2) is 10.8. The van der Waals surface area contributed by atoms with Gasteiger partial charge in [0, 0.05) is 58.4 Å². The quantitative estimate of drug-likeness (QED) is 0.484. The molecule has 29 heavy (non-hydrogen) atoms. The summed E-state index contributed by atoms with van der Waals surface area (Å²) in [7, 11) is 3.91. The van der Waals surface area contributed by atoms with Crippen molar-refractivity contribution in [1.82, 2.24) is 20.5 Å². The van der Waals surface area contributed by atoms with E-state index in [0.717, 1.165) is 43.5 Å². The summed E-state index contributed by atoms with van der Waals surface area (Å²) >= 11 is 0. The average molecular weight is 397 g/mol. The molecule has 1 aromatic heterocycles. The monoisotopic (exact) mass is 396 g/mol. The highest BCUT2D eigenvalue weighted by Crippen LogP contribution is 2.15. The standard InChI is InChI=1S/C22H32N6O/c1-23-22(26-16-20(17-29)19-6-4-3-5-7-19)25-15-18-8-9-24-21(14-18)28-12-10-27(2)11-13-28/h3-9,14,20,29H,10-13,15-17H2,1-2H3,(H2,23,25,26). The highest BCUT2D eigenvalue weighted by Gasteiger charge is 2.15. The smallest absolute Gasteiger partial charge is 0.191 e. The van der Waals surface area contributed by atoms with E-state index in [1.807, 2.05) is 42.6 Å². The van der Waals surface area contributed by atoms with Gasteiger partial charge in [0.25, 0.3) is 0 Å². The second-order valence-corrected chi connectivity index (χ2v) is 7.41. The van der Waals surface area contributed by atoms with Crippen molar-refractivity contribution in [3.63, 3.8) is 0 Å². The molecule has 2 heterocycles. The molecule has 156 valence electrons. The number of aliphatic imine (C=N–C) groups is 1. The molecule has 0 amide bonds. The Morgan fingerprint density at radius 2 is 1.90 bits per heavy atom. The summed E-state index contributed by atoms with van der Waals surface area (Å²) in [4.78, 5) is 13.5. The molecular weight excluding hydrogens is 364 g/mol. The summed E-state index contributed by atoms with van der Waals surface area (Å²) in [5.41, 5.74) is 2.28. The zero-order valence-electron chi connectivity index (χ0n) is 17.4. The number of nitrogens with zero attached hydrogens (tertiary/aromatic N) is 4. The molecule has 1 aliphatic rings. The lowest BCUT2D eigenvalue weighted by molar-refractivity contribution is 0.265. The summed E-state index contributed by atoms with van der Waals surface area (Å²) in [5.74, 6) is 1.78. The summed E-state index contributed by atoms with van der Waals surface area (Å²) in [6, 6.07) is 14.2. The number of nitrogens with one attached hydrogen (secondary N) is 2. The topological polar surface area (TPSA) is 76.0 Å². The van der Waals surface area contributed by atoms with Gasteiger partial charge in [-0.15, -0.1) is 0 Å². The summed E-state index contributed by atoms with van der Waals surface area (Å²) < 4.78 is 0. The molecule has 1 unspecified atom stereocenters. The number of hydrogen-bond donors (Lipinski definition) is 3. The molecule has 3 rings (SSSR count). The molecule has 0 radical (unpaired) electrons. The van der Waals surface area contributed by atoms with Gasteiger partial charge in [0.2, 0.25) is 0 Å². The van der Waals surface area contributed by atoms with Crippen LogP contribution in [-0.4, -0.2) is 74.4 Å². The van der Waals surface area contributed by atoms with Crippen LogP contribution < -0.4 is 15.5 Å². The Labute approximate surface area is 173 Å². The minimum absolute atomic E-state index is 0.0273. The van der Waals surface area contributed by atoms with E-state index < -0.39 is 0 Å². The van der Waals surface area contributed by atoms with Crippen molar-refractivity contribution in [1.29, 1.82) is 0 Å². The van der Waals surface area contributed by atoms with Gasteiger partial charge in [0.05, 0.1) is 6.61 Å². The molecule has 0 bridgehead atoms. The first-order chi connectivity index (χ1) is 14.2. The Hall–Kier alpha value is -2.64. The fourth-order valence-corrected chi connectivity index (χ4v) is 3.42. The third-order valence-corrected chi connectivity index (χ3v) is 5.33. The van der Waals surface area contributed by atoms with Crippen LogP contribution in [0.4, 0.5) is 5.82 Å². The van der Waals surface area contributed by atoms with E-state index in [1.165, 1.54) is 5.56 Å². The van der Waals surface area contributed by atoms with Gasteiger partial charge in [-0.1, -0.05) is 30.3 Å². The molecule has 1 fully saturated rings. The molecule has 0 saturated carbocycles. The Bertz CT molecular complexity index is 774.